The minimum Gasteiger partial charge on any atom is -0.495 e. The van der Waals surface area contributed by atoms with Gasteiger partial charge in [-0.3, -0.25) is 14.6 Å². The van der Waals surface area contributed by atoms with Crippen LogP contribution in [0.2, 0.25) is 0 Å². The van der Waals surface area contributed by atoms with Crippen molar-refractivity contribution in [2.24, 2.45) is 0 Å². The van der Waals surface area contributed by atoms with E-state index in [9.17, 15) is 9.18 Å². The summed E-state index contributed by atoms with van der Waals surface area (Å²) < 4.78 is 19.1. The van der Waals surface area contributed by atoms with Crippen LogP contribution < -0.4 is 10.1 Å². The maximum Gasteiger partial charge on any atom is 0.238 e. The number of halogens is 1. The van der Waals surface area contributed by atoms with Crippen LogP contribution in [-0.2, 0) is 11.3 Å². The molecule has 1 amide bonds. The number of aryl methyl sites for hydroxylation is 1. The number of hydrogen-bond acceptors (Lipinski definition) is 4. The van der Waals surface area contributed by atoms with E-state index < -0.39 is 0 Å². The molecule has 2 aromatic carbocycles. The summed E-state index contributed by atoms with van der Waals surface area (Å²) in [6.07, 6.45) is 0. The molecule has 144 valence electrons. The lowest BCUT2D eigenvalue weighted by Crippen LogP contribution is -2.48. The third-order valence-electron chi connectivity index (χ3n) is 4.81. The third kappa shape index (κ3) is 5.28. The number of piperazine rings is 1. The van der Waals surface area contributed by atoms with Gasteiger partial charge in [-0.25, -0.2) is 4.39 Å². The number of benzene rings is 2. The molecule has 3 rings (SSSR count). The molecule has 1 saturated heterocycles. The van der Waals surface area contributed by atoms with Crippen molar-refractivity contribution in [1.29, 1.82) is 0 Å². The minimum absolute atomic E-state index is 0.0542. The second-order valence-corrected chi connectivity index (χ2v) is 6.90. The van der Waals surface area contributed by atoms with Gasteiger partial charge in [0.1, 0.15) is 11.6 Å². The maximum absolute atomic E-state index is 13.8. The first kappa shape index (κ1) is 19.3. The summed E-state index contributed by atoms with van der Waals surface area (Å²) in [7, 11) is 1.59. The van der Waals surface area contributed by atoms with Crippen LogP contribution >= 0.6 is 0 Å². The molecule has 1 aliphatic rings. The van der Waals surface area contributed by atoms with Gasteiger partial charge >= 0.3 is 0 Å². The van der Waals surface area contributed by atoms with Gasteiger partial charge in [0.05, 0.1) is 19.3 Å². The van der Waals surface area contributed by atoms with Crippen LogP contribution in [0.1, 0.15) is 11.1 Å². The fourth-order valence-corrected chi connectivity index (χ4v) is 3.29. The van der Waals surface area contributed by atoms with Gasteiger partial charge in [-0.15, -0.1) is 0 Å². The summed E-state index contributed by atoms with van der Waals surface area (Å²) in [5.74, 6) is 0.441. The van der Waals surface area contributed by atoms with Crippen molar-refractivity contribution in [3.63, 3.8) is 0 Å². The number of methoxy groups -OCH3 is 1. The number of carbonyl (C=O) groups is 1. The second kappa shape index (κ2) is 8.97. The Bertz CT molecular complexity index is 789. The summed E-state index contributed by atoms with van der Waals surface area (Å²) in [6, 6.07) is 12.6. The Kier molecular flexibility index (Phi) is 6.42. The summed E-state index contributed by atoms with van der Waals surface area (Å²) in [4.78, 5) is 16.7. The van der Waals surface area contributed by atoms with Gasteiger partial charge in [-0.1, -0.05) is 24.3 Å². The molecule has 27 heavy (non-hydrogen) atoms. The largest absolute Gasteiger partial charge is 0.495 e. The van der Waals surface area contributed by atoms with Gasteiger partial charge in [0.15, 0.2) is 0 Å². The molecule has 2 aromatic rings. The highest BCUT2D eigenvalue weighted by Gasteiger charge is 2.20. The smallest absolute Gasteiger partial charge is 0.238 e. The first-order valence-electron chi connectivity index (χ1n) is 9.18. The van der Waals surface area contributed by atoms with Crippen LogP contribution in [0.5, 0.6) is 5.75 Å². The quantitative estimate of drug-likeness (QED) is 0.848. The second-order valence-electron chi connectivity index (χ2n) is 6.90. The Balaban J connectivity index is 1.48. The molecule has 0 spiro atoms. The van der Waals surface area contributed by atoms with E-state index in [1.54, 1.807) is 13.2 Å². The number of nitrogens with one attached hydrogen (secondary N) is 1. The lowest BCUT2D eigenvalue weighted by molar-refractivity contribution is -0.117. The van der Waals surface area contributed by atoms with E-state index in [-0.39, 0.29) is 11.7 Å². The average molecular weight is 371 g/mol. The zero-order valence-corrected chi connectivity index (χ0v) is 15.9. The molecule has 0 aliphatic carbocycles. The van der Waals surface area contributed by atoms with E-state index >= 15 is 0 Å². The molecule has 1 heterocycles. The highest BCUT2D eigenvalue weighted by molar-refractivity contribution is 5.93. The maximum atomic E-state index is 13.8. The van der Waals surface area contributed by atoms with Crippen LogP contribution in [0.25, 0.3) is 0 Å². The van der Waals surface area contributed by atoms with E-state index in [4.69, 9.17) is 4.74 Å². The molecule has 5 nitrogen and oxygen atoms in total. The number of amides is 1. The molecule has 0 unspecified atom stereocenters. The van der Waals surface area contributed by atoms with Crippen molar-refractivity contribution in [3.8, 4) is 5.75 Å². The average Bonchev–Trinajstić information content (AvgIpc) is 2.65. The highest BCUT2D eigenvalue weighted by atomic mass is 19.1. The van der Waals surface area contributed by atoms with Crippen LogP contribution in [0.4, 0.5) is 10.1 Å². The summed E-state index contributed by atoms with van der Waals surface area (Å²) in [5.41, 5.74) is 2.48. The normalized spacial score (nSPS) is 15.5. The van der Waals surface area contributed by atoms with Crippen LogP contribution in [0, 0.1) is 12.7 Å². The summed E-state index contributed by atoms with van der Waals surface area (Å²) in [6.45, 7) is 6.12. The summed E-state index contributed by atoms with van der Waals surface area (Å²) >= 11 is 0. The Morgan fingerprint density at radius 2 is 1.81 bits per heavy atom. The fourth-order valence-electron chi connectivity index (χ4n) is 3.29. The fraction of sp³-hybridized carbons (Fsp3) is 0.381. The summed E-state index contributed by atoms with van der Waals surface area (Å²) in [5, 5.41) is 2.94. The van der Waals surface area contributed by atoms with Gasteiger partial charge in [0, 0.05) is 38.3 Å². The Labute approximate surface area is 159 Å². The molecule has 0 bridgehead atoms. The molecule has 1 fully saturated rings. The minimum atomic E-state index is -0.161. The van der Waals surface area contributed by atoms with E-state index in [2.05, 4.69) is 15.1 Å². The van der Waals surface area contributed by atoms with Gasteiger partial charge in [0.25, 0.3) is 0 Å². The standard InChI is InChI=1S/C21H26FN3O2/c1-16-7-8-20(27-2)19(13-16)23-21(26)15-25-11-9-24(10-12-25)14-17-5-3-4-6-18(17)22/h3-8,13H,9-12,14-15H2,1-2H3,(H,23,26). The van der Waals surface area contributed by atoms with Crippen LogP contribution in [0.15, 0.2) is 42.5 Å². The van der Waals surface area contributed by atoms with Crippen molar-refractivity contribution in [1.82, 2.24) is 9.80 Å². The van der Waals surface area contributed by atoms with Crippen LogP contribution in [0.3, 0.4) is 0 Å². The number of hydrogen-bond donors (Lipinski definition) is 1. The van der Waals surface area contributed by atoms with Gasteiger partial charge < -0.3 is 10.1 Å². The van der Waals surface area contributed by atoms with Gasteiger partial charge in [-0.05, 0) is 30.7 Å². The molecule has 0 atom stereocenters. The topological polar surface area (TPSA) is 44.8 Å². The molecular weight excluding hydrogens is 345 g/mol. The molecule has 1 aliphatic heterocycles. The zero-order valence-electron chi connectivity index (χ0n) is 15.9. The predicted octanol–water partition coefficient (Wildman–Crippen LogP) is 2.90. The first-order chi connectivity index (χ1) is 13.0. The van der Waals surface area contributed by atoms with E-state index in [0.29, 0.717) is 24.5 Å². The van der Waals surface area contributed by atoms with Crippen molar-refractivity contribution in [2.45, 2.75) is 13.5 Å². The molecule has 0 saturated carbocycles. The third-order valence-corrected chi connectivity index (χ3v) is 4.81. The Morgan fingerprint density at radius 3 is 2.52 bits per heavy atom. The molecule has 0 radical (unpaired) electrons. The lowest BCUT2D eigenvalue weighted by Gasteiger charge is -2.34. The number of rotatable bonds is 6. The van der Waals surface area contributed by atoms with Crippen molar-refractivity contribution < 1.29 is 13.9 Å². The zero-order chi connectivity index (χ0) is 19.2. The molecule has 1 N–H and O–H groups in total. The molecule has 0 aromatic heterocycles. The SMILES string of the molecule is COc1ccc(C)cc1NC(=O)CN1CCN(Cc2ccccc2F)CC1. The van der Waals surface area contributed by atoms with Crippen molar-refractivity contribution >= 4 is 11.6 Å². The van der Waals surface area contributed by atoms with Crippen molar-refractivity contribution in [3.05, 3.63) is 59.4 Å². The van der Waals surface area contributed by atoms with Crippen LogP contribution in [-0.4, -0.2) is 55.5 Å². The predicted molar refractivity (Wildman–Crippen MR) is 104 cm³/mol. The molecule has 6 heteroatoms. The number of ether oxygens (including phenoxy) is 1. The van der Waals surface area contributed by atoms with Gasteiger partial charge in [-0.2, -0.15) is 0 Å². The number of carbonyl (C=O) groups excluding carboxylic acids is 1. The molecular formula is C21H26FN3O2. The van der Waals surface area contributed by atoms with Crippen molar-refractivity contribution in [2.75, 3.05) is 45.2 Å². The van der Waals surface area contributed by atoms with E-state index in [0.717, 1.165) is 37.3 Å². The van der Waals surface area contributed by atoms with E-state index in [1.165, 1.54) is 6.07 Å². The lowest BCUT2D eigenvalue weighted by atomic mass is 10.2. The van der Waals surface area contributed by atoms with Gasteiger partial charge in [0.2, 0.25) is 5.91 Å². The van der Waals surface area contributed by atoms with E-state index in [1.807, 2.05) is 37.3 Å². The number of anilines is 1. The highest BCUT2D eigenvalue weighted by Crippen LogP contribution is 2.25. The first-order valence-corrected chi connectivity index (χ1v) is 9.18. The monoisotopic (exact) mass is 371 g/mol. The Hall–Kier alpha value is -2.44. The Morgan fingerprint density at radius 1 is 1.11 bits per heavy atom. The number of nitrogens with zero attached hydrogens (tertiary/aromatic N) is 2.